The number of imidazole rings is 1. The van der Waals surface area contributed by atoms with Gasteiger partial charge < -0.3 is 15.7 Å². The molecule has 0 fully saturated rings. The summed E-state index contributed by atoms with van der Waals surface area (Å²) in [5, 5.41) is 14.8. The van der Waals surface area contributed by atoms with E-state index in [4.69, 9.17) is 5.11 Å². The number of anilines is 2. The maximum absolute atomic E-state index is 8.72. The van der Waals surface area contributed by atoms with Crippen LogP contribution in [0, 0.1) is 0 Å². The second kappa shape index (κ2) is 8.15. The first-order valence-electron chi connectivity index (χ1n) is 7.10. The molecule has 2 aromatic rings. The van der Waals surface area contributed by atoms with Crippen LogP contribution in [0.3, 0.4) is 0 Å². The van der Waals surface area contributed by atoms with E-state index in [2.05, 4.69) is 30.6 Å². The van der Waals surface area contributed by atoms with E-state index in [1.54, 1.807) is 30.3 Å². The highest BCUT2D eigenvalue weighted by atomic mass is 16.2. The average molecular weight is 291 g/mol. The van der Waals surface area contributed by atoms with Crippen LogP contribution in [0.2, 0.25) is 0 Å². The van der Waals surface area contributed by atoms with E-state index in [0.29, 0.717) is 17.8 Å². The Bertz CT molecular complexity index is 529. The van der Waals surface area contributed by atoms with Crippen molar-refractivity contribution < 1.29 is 5.11 Å². The van der Waals surface area contributed by atoms with Crippen molar-refractivity contribution in [2.24, 2.45) is 0 Å². The summed E-state index contributed by atoms with van der Waals surface area (Å²) in [6.07, 6.45) is 9.10. The maximum Gasteiger partial charge on any atom is 0.241 e. The van der Waals surface area contributed by atoms with Crippen LogP contribution in [0.15, 0.2) is 18.7 Å². The molecule has 0 aliphatic carbocycles. The van der Waals surface area contributed by atoms with E-state index in [1.807, 2.05) is 0 Å². The maximum atomic E-state index is 8.72. The molecule has 0 radical (unpaired) electrons. The summed E-state index contributed by atoms with van der Waals surface area (Å²) in [7, 11) is 1.77. The van der Waals surface area contributed by atoms with Gasteiger partial charge in [-0.3, -0.25) is 4.57 Å². The van der Waals surface area contributed by atoms with Crippen LogP contribution in [-0.2, 0) is 0 Å². The van der Waals surface area contributed by atoms with Gasteiger partial charge in [0.2, 0.25) is 17.8 Å². The molecule has 0 spiro atoms. The minimum Gasteiger partial charge on any atom is -0.396 e. The molecule has 2 heterocycles. The van der Waals surface area contributed by atoms with Gasteiger partial charge in [0.15, 0.2) is 0 Å². The minimum absolute atomic E-state index is 0.265. The standard InChI is InChI=1S/C13H21N7O/c1-14-11-17-12(16-6-4-2-3-5-9-21)19-13(18-11)20-8-7-15-10-20/h7-8,10,21H,2-6,9H2,1H3,(H2,14,16,17,18,19). The van der Waals surface area contributed by atoms with Gasteiger partial charge in [0.05, 0.1) is 0 Å². The largest absolute Gasteiger partial charge is 0.396 e. The molecule has 8 nitrogen and oxygen atoms in total. The molecule has 114 valence electrons. The fourth-order valence-corrected chi connectivity index (χ4v) is 1.84. The van der Waals surface area contributed by atoms with Gasteiger partial charge in [0, 0.05) is 32.6 Å². The summed E-state index contributed by atoms with van der Waals surface area (Å²) in [5.74, 6) is 1.58. The summed E-state index contributed by atoms with van der Waals surface area (Å²) in [6.45, 7) is 1.06. The van der Waals surface area contributed by atoms with Gasteiger partial charge >= 0.3 is 0 Å². The van der Waals surface area contributed by atoms with Crippen LogP contribution in [0.4, 0.5) is 11.9 Å². The fraction of sp³-hybridized carbons (Fsp3) is 0.538. The van der Waals surface area contributed by atoms with E-state index in [1.165, 1.54) is 0 Å². The number of nitrogens with zero attached hydrogens (tertiary/aromatic N) is 5. The summed E-state index contributed by atoms with van der Waals surface area (Å²) in [6, 6.07) is 0. The van der Waals surface area contributed by atoms with Crippen LogP contribution >= 0.6 is 0 Å². The van der Waals surface area contributed by atoms with E-state index in [0.717, 1.165) is 32.2 Å². The van der Waals surface area contributed by atoms with Gasteiger partial charge in [-0.2, -0.15) is 15.0 Å². The molecular formula is C13H21N7O. The molecule has 0 bridgehead atoms. The quantitative estimate of drug-likeness (QED) is 0.594. The van der Waals surface area contributed by atoms with Gasteiger partial charge in [-0.15, -0.1) is 0 Å². The number of aliphatic hydroxyl groups is 1. The summed E-state index contributed by atoms with van der Waals surface area (Å²) < 4.78 is 1.73. The van der Waals surface area contributed by atoms with Crippen molar-refractivity contribution in [3.8, 4) is 5.95 Å². The molecule has 0 saturated heterocycles. The molecule has 0 unspecified atom stereocenters. The first kappa shape index (κ1) is 15.2. The van der Waals surface area contributed by atoms with Gasteiger partial charge in [-0.25, -0.2) is 4.98 Å². The molecule has 0 aromatic carbocycles. The second-order valence-corrected chi connectivity index (χ2v) is 4.57. The van der Waals surface area contributed by atoms with Crippen LogP contribution in [0.25, 0.3) is 5.95 Å². The zero-order chi connectivity index (χ0) is 14.9. The monoisotopic (exact) mass is 291 g/mol. The van der Waals surface area contributed by atoms with Crippen molar-refractivity contribution in [1.82, 2.24) is 24.5 Å². The van der Waals surface area contributed by atoms with Gasteiger partial charge in [-0.05, 0) is 12.8 Å². The van der Waals surface area contributed by atoms with Crippen LogP contribution < -0.4 is 10.6 Å². The molecule has 0 aliphatic rings. The van der Waals surface area contributed by atoms with Gasteiger partial charge in [0.25, 0.3) is 0 Å². The zero-order valence-corrected chi connectivity index (χ0v) is 12.2. The molecule has 3 N–H and O–H groups in total. The predicted octanol–water partition coefficient (Wildman–Crippen LogP) is 1.06. The van der Waals surface area contributed by atoms with Crippen molar-refractivity contribution >= 4 is 11.9 Å². The highest BCUT2D eigenvalue weighted by molar-refractivity contribution is 5.37. The zero-order valence-electron chi connectivity index (χ0n) is 12.2. The lowest BCUT2D eigenvalue weighted by Gasteiger charge is -2.08. The Balaban J connectivity index is 1.94. The smallest absolute Gasteiger partial charge is 0.241 e. The van der Waals surface area contributed by atoms with Gasteiger partial charge in [-0.1, -0.05) is 12.8 Å². The Morgan fingerprint density at radius 3 is 2.62 bits per heavy atom. The lowest BCUT2D eigenvalue weighted by Crippen LogP contribution is -2.11. The van der Waals surface area contributed by atoms with Crippen molar-refractivity contribution in [2.75, 3.05) is 30.8 Å². The van der Waals surface area contributed by atoms with Crippen LogP contribution in [0.1, 0.15) is 25.7 Å². The average Bonchev–Trinajstić information content (AvgIpc) is 3.05. The highest BCUT2D eigenvalue weighted by Gasteiger charge is 2.06. The Hall–Kier alpha value is -2.22. The molecular weight excluding hydrogens is 270 g/mol. The number of unbranched alkanes of at least 4 members (excludes halogenated alkanes) is 3. The number of aromatic nitrogens is 5. The minimum atomic E-state index is 0.265. The van der Waals surface area contributed by atoms with Crippen molar-refractivity contribution in [3.63, 3.8) is 0 Å². The third-order valence-electron chi connectivity index (χ3n) is 2.95. The first-order valence-corrected chi connectivity index (χ1v) is 7.10. The summed E-state index contributed by atoms with van der Waals surface area (Å²) in [5.41, 5.74) is 0. The highest BCUT2D eigenvalue weighted by Crippen LogP contribution is 2.09. The van der Waals surface area contributed by atoms with Crippen molar-refractivity contribution in [2.45, 2.75) is 25.7 Å². The van der Waals surface area contributed by atoms with E-state index in [-0.39, 0.29) is 6.61 Å². The number of nitrogens with one attached hydrogen (secondary N) is 2. The number of aliphatic hydroxyl groups excluding tert-OH is 1. The lowest BCUT2D eigenvalue weighted by molar-refractivity contribution is 0.283. The van der Waals surface area contributed by atoms with Crippen LogP contribution in [0.5, 0.6) is 0 Å². The number of hydrogen-bond acceptors (Lipinski definition) is 7. The van der Waals surface area contributed by atoms with Crippen molar-refractivity contribution in [3.05, 3.63) is 18.7 Å². The normalized spacial score (nSPS) is 10.6. The van der Waals surface area contributed by atoms with Crippen molar-refractivity contribution in [1.29, 1.82) is 0 Å². The Labute approximate surface area is 123 Å². The third-order valence-corrected chi connectivity index (χ3v) is 2.95. The molecule has 8 heteroatoms. The summed E-state index contributed by atoms with van der Waals surface area (Å²) >= 11 is 0. The van der Waals surface area contributed by atoms with E-state index < -0.39 is 0 Å². The van der Waals surface area contributed by atoms with Gasteiger partial charge in [0.1, 0.15) is 6.33 Å². The Morgan fingerprint density at radius 1 is 1.10 bits per heavy atom. The Morgan fingerprint density at radius 2 is 1.90 bits per heavy atom. The molecule has 0 aliphatic heterocycles. The number of hydrogen-bond donors (Lipinski definition) is 3. The topological polar surface area (TPSA) is 101 Å². The lowest BCUT2D eigenvalue weighted by atomic mass is 10.2. The fourth-order valence-electron chi connectivity index (χ4n) is 1.84. The SMILES string of the molecule is CNc1nc(NCCCCCCO)nc(-n2ccnc2)n1. The molecule has 0 amide bonds. The second-order valence-electron chi connectivity index (χ2n) is 4.57. The first-order chi connectivity index (χ1) is 10.3. The van der Waals surface area contributed by atoms with E-state index in [9.17, 15) is 0 Å². The third kappa shape index (κ3) is 4.67. The Kier molecular flexibility index (Phi) is 5.89. The number of rotatable bonds is 9. The molecule has 0 saturated carbocycles. The summed E-state index contributed by atoms with van der Waals surface area (Å²) in [4.78, 5) is 16.9. The molecule has 2 aromatic heterocycles. The van der Waals surface area contributed by atoms with E-state index >= 15 is 0 Å². The molecule has 2 rings (SSSR count). The van der Waals surface area contributed by atoms with Crippen LogP contribution in [-0.4, -0.2) is 49.8 Å². The molecule has 0 atom stereocenters. The predicted molar refractivity (Wildman–Crippen MR) is 80.5 cm³/mol. The molecule has 21 heavy (non-hydrogen) atoms.